The average molecular weight is 331 g/mol. The zero-order valence-electron chi connectivity index (χ0n) is 5.14. The van der Waals surface area contributed by atoms with Crippen LogP contribution >= 0.6 is 50.3 Å². The van der Waals surface area contributed by atoms with E-state index >= 15 is 0 Å². The van der Waals surface area contributed by atoms with Crippen LogP contribution in [0.15, 0.2) is 15.8 Å². The number of thioether (sulfide) groups is 1. The normalized spacial score (nSPS) is 9.90. The van der Waals surface area contributed by atoms with Crippen LogP contribution in [-0.2, 0) is 0 Å². The molecule has 1 aromatic rings. The first-order chi connectivity index (χ1) is 4.72. The number of nitrogens with zero attached hydrogens (tertiary/aromatic N) is 2. The molecule has 0 fully saturated rings. The van der Waals surface area contributed by atoms with Gasteiger partial charge in [-0.05, 0) is 44.8 Å². The smallest absolute Gasteiger partial charge is 0.198 e. The van der Waals surface area contributed by atoms with E-state index in [-0.39, 0.29) is 0 Å². The van der Waals surface area contributed by atoms with E-state index in [1.807, 2.05) is 12.3 Å². The van der Waals surface area contributed by atoms with E-state index in [1.165, 1.54) is 0 Å². The predicted octanol–water partition coefficient (Wildman–Crippen LogP) is 2.57. The van der Waals surface area contributed by atoms with Gasteiger partial charge in [0.1, 0.15) is 8.73 Å². The lowest BCUT2D eigenvalue weighted by atomic mass is 10.7. The molecule has 1 heterocycles. The van der Waals surface area contributed by atoms with Gasteiger partial charge in [0.2, 0.25) is 0 Å². The van der Waals surface area contributed by atoms with Crippen molar-refractivity contribution in [2.75, 3.05) is 6.26 Å². The molecular formula is C5H4BrIN2S. The van der Waals surface area contributed by atoms with E-state index in [1.54, 1.807) is 11.8 Å². The largest absolute Gasteiger partial charge is 0.216 e. The van der Waals surface area contributed by atoms with Crippen molar-refractivity contribution >= 4 is 50.3 Å². The monoisotopic (exact) mass is 330 g/mol. The Labute approximate surface area is 85.5 Å². The van der Waals surface area contributed by atoms with Crippen molar-refractivity contribution in [3.8, 4) is 0 Å². The van der Waals surface area contributed by atoms with E-state index < -0.39 is 0 Å². The van der Waals surface area contributed by atoms with Crippen LogP contribution in [0.5, 0.6) is 0 Å². The fourth-order valence-corrected chi connectivity index (χ4v) is 2.45. The minimum atomic E-state index is 0.656. The molecule has 0 atom stereocenters. The van der Waals surface area contributed by atoms with Crippen LogP contribution in [-0.4, -0.2) is 16.2 Å². The highest BCUT2D eigenvalue weighted by molar-refractivity contribution is 14.1. The summed E-state index contributed by atoms with van der Waals surface area (Å²) in [6.45, 7) is 0. The van der Waals surface area contributed by atoms with Crippen molar-refractivity contribution in [2.24, 2.45) is 0 Å². The molecule has 0 unspecified atom stereocenters. The summed E-state index contributed by atoms with van der Waals surface area (Å²) in [5.41, 5.74) is 0. The Morgan fingerprint density at radius 3 is 2.80 bits per heavy atom. The minimum Gasteiger partial charge on any atom is -0.216 e. The first-order valence-corrected chi connectivity index (χ1v) is 5.56. The van der Waals surface area contributed by atoms with Gasteiger partial charge in [0.15, 0.2) is 4.73 Å². The van der Waals surface area contributed by atoms with Gasteiger partial charge in [0, 0.05) is 6.07 Å². The maximum absolute atomic E-state index is 4.12. The van der Waals surface area contributed by atoms with Crippen LogP contribution in [0.25, 0.3) is 0 Å². The Morgan fingerprint density at radius 1 is 1.60 bits per heavy atom. The third-order valence-corrected chi connectivity index (χ3v) is 2.39. The zero-order valence-corrected chi connectivity index (χ0v) is 9.70. The van der Waals surface area contributed by atoms with Crippen LogP contribution in [0, 0.1) is 3.70 Å². The van der Waals surface area contributed by atoms with Crippen LogP contribution < -0.4 is 0 Å². The lowest BCUT2D eigenvalue weighted by Gasteiger charge is -1.95. The SMILES string of the molecule is CSc1cc(I)nc(Br)n1. The molecule has 1 aromatic heterocycles. The molecule has 0 aromatic carbocycles. The molecule has 0 radical (unpaired) electrons. The highest BCUT2D eigenvalue weighted by atomic mass is 127. The number of hydrogen-bond acceptors (Lipinski definition) is 3. The van der Waals surface area contributed by atoms with Crippen molar-refractivity contribution in [1.29, 1.82) is 0 Å². The van der Waals surface area contributed by atoms with E-state index in [9.17, 15) is 0 Å². The predicted molar refractivity (Wildman–Crippen MR) is 54.2 cm³/mol. The molecule has 0 spiro atoms. The van der Waals surface area contributed by atoms with Gasteiger partial charge >= 0.3 is 0 Å². The maximum Gasteiger partial charge on any atom is 0.198 e. The first-order valence-electron chi connectivity index (χ1n) is 2.46. The Kier molecular flexibility index (Phi) is 3.38. The van der Waals surface area contributed by atoms with Gasteiger partial charge in [-0.2, -0.15) is 0 Å². The van der Waals surface area contributed by atoms with E-state index in [2.05, 4.69) is 48.5 Å². The molecule has 0 N–H and O–H groups in total. The molecule has 0 saturated carbocycles. The van der Waals surface area contributed by atoms with Crippen LogP contribution in [0.2, 0.25) is 0 Å². The molecule has 0 saturated heterocycles. The van der Waals surface area contributed by atoms with Gasteiger partial charge in [0.25, 0.3) is 0 Å². The van der Waals surface area contributed by atoms with Crippen LogP contribution in [0.1, 0.15) is 0 Å². The van der Waals surface area contributed by atoms with Gasteiger partial charge in [-0.15, -0.1) is 11.8 Å². The molecule has 10 heavy (non-hydrogen) atoms. The van der Waals surface area contributed by atoms with Gasteiger partial charge in [-0.25, -0.2) is 9.97 Å². The second-order valence-corrected chi connectivity index (χ2v) is 4.14. The summed E-state index contributed by atoms with van der Waals surface area (Å²) in [4.78, 5) is 8.18. The molecule has 2 nitrogen and oxygen atoms in total. The number of hydrogen-bond donors (Lipinski definition) is 0. The quantitative estimate of drug-likeness (QED) is 0.342. The number of aromatic nitrogens is 2. The summed E-state index contributed by atoms with van der Waals surface area (Å²) >= 11 is 6.98. The van der Waals surface area contributed by atoms with E-state index in [0.717, 1.165) is 8.73 Å². The molecule has 0 bridgehead atoms. The molecule has 0 aliphatic carbocycles. The Morgan fingerprint density at radius 2 is 2.30 bits per heavy atom. The van der Waals surface area contributed by atoms with Crippen LogP contribution in [0.4, 0.5) is 0 Å². The Hall–Kier alpha value is 0.640. The fourth-order valence-electron chi connectivity index (χ4n) is 0.475. The standard InChI is InChI=1S/C5H4BrIN2S/c1-10-4-2-3(7)8-5(6)9-4/h2H,1H3. The minimum absolute atomic E-state index is 0.656. The molecule has 0 aliphatic rings. The van der Waals surface area contributed by atoms with Gasteiger partial charge in [0.05, 0.1) is 0 Å². The number of rotatable bonds is 1. The summed E-state index contributed by atoms with van der Waals surface area (Å²) in [6, 6.07) is 1.94. The van der Waals surface area contributed by atoms with E-state index in [0.29, 0.717) is 4.73 Å². The first kappa shape index (κ1) is 8.73. The summed E-state index contributed by atoms with van der Waals surface area (Å²) in [6.07, 6.45) is 1.99. The zero-order chi connectivity index (χ0) is 7.56. The third kappa shape index (κ3) is 2.35. The molecule has 0 aliphatic heterocycles. The lowest BCUT2D eigenvalue weighted by molar-refractivity contribution is 0.986. The van der Waals surface area contributed by atoms with Crippen molar-refractivity contribution in [3.05, 3.63) is 14.5 Å². The third-order valence-electron chi connectivity index (χ3n) is 0.853. The van der Waals surface area contributed by atoms with Crippen molar-refractivity contribution < 1.29 is 0 Å². The molecule has 0 amide bonds. The molecule has 54 valence electrons. The lowest BCUT2D eigenvalue weighted by Crippen LogP contribution is -1.87. The molecular weight excluding hydrogens is 327 g/mol. The molecule has 5 heteroatoms. The number of halogens is 2. The summed E-state index contributed by atoms with van der Waals surface area (Å²) in [5.74, 6) is 0. The highest BCUT2D eigenvalue weighted by Crippen LogP contribution is 2.16. The van der Waals surface area contributed by atoms with Crippen LogP contribution in [0.3, 0.4) is 0 Å². The second kappa shape index (κ2) is 3.87. The Bertz CT molecular complexity index is 223. The van der Waals surface area contributed by atoms with Crippen molar-refractivity contribution in [2.45, 2.75) is 5.03 Å². The maximum atomic E-state index is 4.12. The van der Waals surface area contributed by atoms with Crippen molar-refractivity contribution in [1.82, 2.24) is 9.97 Å². The van der Waals surface area contributed by atoms with Crippen molar-refractivity contribution in [3.63, 3.8) is 0 Å². The average Bonchev–Trinajstić information content (AvgIpc) is 1.85. The summed E-state index contributed by atoms with van der Waals surface area (Å²) < 4.78 is 1.62. The summed E-state index contributed by atoms with van der Waals surface area (Å²) in [5, 5.41) is 0.992. The van der Waals surface area contributed by atoms with Gasteiger partial charge < -0.3 is 0 Å². The highest BCUT2D eigenvalue weighted by Gasteiger charge is 1.97. The molecule has 1 rings (SSSR count). The van der Waals surface area contributed by atoms with Gasteiger partial charge in [-0.3, -0.25) is 0 Å². The topological polar surface area (TPSA) is 25.8 Å². The fraction of sp³-hybridized carbons (Fsp3) is 0.200. The van der Waals surface area contributed by atoms with E-state index in [4.69, 9.17) is 0 Å². The second-order valence-electron chi connectivity index (χ2n) is 1.50. The Balaban J connectivity index is 3.06. The summed E-state index contributed by atoms with van der Waals surface area (Å²) in [7, 11) is 0. The van der Waals surface area contributed by atoms with Gasteiger partial charge in [-0.1, -0.05) is 0 Å².